The third-order valence-electron chi connectivity index (χ3n) is 4.65. The Labute approximate surface area is 164 Å². The Morgan fingerprint density at radius 1 is 1.07 bits per heavy atom. The molecule has 2 aromatic heterocycles. The fourth-order valence-corrected chi connectivity index (χ4v) is 3.25. The molecule has 2 heterocycles. The summed E-state index contributed by atoms with van der Waals surface area (Å²) in [6.07, 6.45) is -4.68. The summed E-state index contributed by atoms with van der Waals surface area (Å²) in [7, 11) is 3.81. The van der Waals surface area contributed by atoms with Crippen LogP contribution in [0.25, 0.3) is 16.7 Å². The molecule has 0 aliphatic carbocycles. The summed E-state index contributed by atoms with van der Waals surface area (Å²) in [5.74, 6) is 0.178. The molecule has 146 valence electrons. The minimum atomic E-state index is -4.68. The van der Waals surface area contributed by atoms with Crippen LogP contribution in [0.4, 0.5) is 30.4 Å². The highest BCUT2D eigenvalue weighted by molar-refractivity contribution is 5.86. The van der Waals surface area contributed by atoms with Crippen molar-refractivity contribution in [3.63, 3.8) is 0 Å². The first-order chi connectivity index (χ1) is 13.8. The minimum absolute atomic E-state index is 0.0315. The van der Waals surface area contributed by atoms with E-state index >= 15 is 0 Å². The van der Waals surface area contributed by atoms with Crippen LogP contribution in [0.5, 0.6) is 0 Å². The molecule has 5 nitrogen and oxygen atoms in total. The Kier molecular flexibility index (Phi) is 4.31. The fourth-order valence-electron chi connectivity index (χ4n) is 3.25. The Balaban J connectivity index is 1.97. The molecule has 0 saturated heterocycles. The van der Waals surface area contributed by atoms with Crippen LogP contribution in [0.2, 0.25) is 0 Å². The van der Waals surface area contributed by atoms with E-state index in [2.05, 4.69) is 10.3 Å². The number of hydrogen-bond acceptors (Lipinski definition) is 4. The lowest BCUT2D eigenvalue weighted by molar-refractivity contribution is -0.137. The minimum Gasteiger partial charge on any atom is -0.378 e. The van der Waals surface area contributed by atoms with Gasteiger partial charge in [0.2, 0.25) is 0 Å². The van der Waals surface area contributed by atoms with Crippen molar-refractivity contribution in [1.82, 2.24) is 9.38 Å². The van der Waals surface area contributed by atoms with Crippen LogP contribution in [-0.4, -0.2) is 23.5 Å². The number of fused-ring (bicyclic) bond motifs is 3. The largest absolute Gasteiger partial charge is 0.417 e. The second-order valence-corrected chi connectivity index (χ2v) is 6.75. The molecule has 0 radical (unpaired) electrons. The van der Waals surface area contributed by atoms with Gasteiger partial charge in [-0.3, -0.25) is 4.40 Å². The lowest BCUT2D eigenvalue weighted by Crippen LogP contribution is -2.12. The van der Waals surface area contributed by atoms with Crippen LogP contribution < -0.4 is 10.2 Å². The number of halogens is 3. The van der Waals surface area contributed by atoms with Crippen molar-refractivity contribution in [1.29, 1.82) is 5.26 Å². The molecule has 29 heavy (non-hydrogen) atoms. The second kappa shape index (κ2) is 6.71. The van der Waals surface area contributed by atoms with Gasteiger partial charge in [-0.25, -0.2) is 4.98 Å². The summed E-state index contributed by atoms with van der Waals surface area (Å²) in [5, 5.41) is 12.5. The van der Waals surface area contributed by atoms with Gasteiger partial charge in [0, 0.05) is 25.5 Å². The maximum atomic E-state index is 13.7. The van der Waals surface area contributed by atoms with Crippen LogP contribution in [0, 0.1) is 11.3 Å². The summed E-state index contributed by atoms with van der Waals surface area (Å²) in [5.41, 5.74) is 1.15. The topological polar surface area (TPSA) is 56.4 Å². The zero-order valence-corrected chi connectivity index (χ0v) is 15.6. The molecule has 0 unspecified atom stereocenters. The molecule has 0 amide bonds. The number of pyridine rings is 1. The number of benzene rings is 2. The van der Waals surface area contributed by atoms with Crippen LogP contribution >= 0.6 is 0 Å². The third kappa shape index (κ3) is 3.21. The van der Waals surface area contributed by atoms with E-state index < -0.39 is 17.3 Å². The van der Waals surface area contributed by atoms with Crippen molar-refractivity contribution in [2.24, 2.45) is 0 Å². The molecule has 0 spiro atoms. The average molecular weight is 395 g/mol. The van der Waals surface area contributed by atoms with Gasteiger partial charge >= 0.3 is 6.18 Å². The summed E-state index contributed by atoms with van der Waals surface area (Å²) in [6, 6.07) is 16.9. The normalized spacial score (nSPS) is 11.6. The molecule has 2 aromatic carbocycles. The number of alkyl halides is 3. The van der Waals surface area contributed by atoms with Crippen molar-refractivity contribution in [3.05, 3.63) is 65.7 Å². The van der Waals surface area contributed by atoms with Gasteiger partial charge in [0.15, 0.2) is 5.65 Å². The molecule has 0 fully saturated rings. The molecular formula is C21H16F3N5. The van der Waals surface area contributed by atoms with Gasteiger partial charge in [-0.15, -0.1) is 0 Å². The van der Waals surface area contributed by atoms with Crippen LogP contribution in [0.1, 0.15) is 11.1 Å². The molecule has 0 aliphatic rings. The van der Waals surface area contributed by atoms with Crippen molar-refractivity contribution in [2.75, 3.05) is 24.3 Å². The van der Waals surface area contributed by atoms with E-state index in [0.29, 0.717) is 16.7 Å². The van der Waals surface area contributed by atoms with E-state index in [9.17, 15) is 18.4 Å². The SMILES string of the molecule is CN(C)c1ccc(Nc2cc(C(F)(F)F)c(C#N)c3nc4ccccc4n23)cc1. The van der Waals surface area contributed by atoms with Crippen molar-refractivity contribution in [2.45, 2.75) is 6.18 Å². The van der Waals surface area contributed by atoms with Gasteiger partial charge in [-0.05, 0) is 42.5 Å². The number of nitriles is 1. The van der Waals surface area contributed by atoms with E-state index in [0.717, 1.165) is 11.8 Å². The van der Waals surface area contributed by atoms with Crippen LogP contribution in [0.15, 0.2) is 54.6 Å². The van der Waals surface area contributed by atoms with Gasteiger partial charge < -0.3 is 10.2 Å². The van der Waals surface area contributed by atoms with Crippen molar-refractivity contribution < 1.29 is 13.2 Å². The number of imidazole rings is 1. The summed E-state index contributed by atoms with van der Waals surface area (Å²) in [6.45, 7) is 0. The number of aromatic nitrogens is 2. The summed E-state index contributed by atoms with van der Waals surface area (Å²) < 4.78 is 42.5. The quantitative estimate of drug-likeness (QED) is 0.519. The highest BCUT2D eigenvalue weighted by Crippen LogP contribution is 2.37. The van der Waals surface area contributed by atoms with Gasteiger partial charge in [0.1, 0.15) is 17.5 Å². The average Bonchev–Trinajstić information content (AvgIpc) is 3.07. The van der Waals surface area contributed by atoms with Gasteiger partial charge in [0.05, 0.1) is 16.6 Å². The summed E-state index contributed by atoms with van der Waals surface area (Å²) >= 11 is 0. The van der Waals surface area contributed by atoms with Gasteiger partial charge in [-0.1, -0.05) is 12.1 Å². The van der Waals surface area contributed by atoms with Gasteiger partial charge in [-0.2, -0.15) is 18.4 Å². The molecule has 0 bridgehead atoms. The molecule has 4 aromatic rings. The maximum absolute atomic E-state index is 13.7. The van der Waals surface area contributed by atoms with Crippen LogP contribution in [-0.2, 0) is 6.18 Å². The van der Waals surface area contributed by atoms with Crippen molar-refractivity contribution >= 4 is 33.9 Å². The monoisotopic (exact) mass is 395 g/mol. The number of hydrogen-bond donors (Lipinski definition) is 1. The molecule has 0 aliphatic heterocycles. The first kappa shape index (κ1) is 18.6. The lowest BCUT2D eigenvalue weighted by atomic mass is 10.1. The Hall–Kier alpha value is -3.73. The number of nitrogens with one attached hydrogen (secondary N) is 1. The zero-order chi connectivity index (χ0) is 20.8. The third-order valence-corrected chi connectivity index (χ3v) is 4.65. The van der Waals surface area contributed by atoms with E-state index in [4.69, 9.17) is 0 Å². The number of para-hydroxylation sites is 2. The van der Waals surface area contributed by atoms with E-state index in [1.54, 1.807) is 46.9 Å². The van der Waals surface area contributed by atoms with E-state index in [-0.39, 0.29) is 11.5 Å². The highest BCUT2D eigenvalue weighted by Gasteiger charge is 2.36. The number of rotatable bonds is 3. The molecular weight excluding hydrogens is 379 g/mol. The lowest BCUT2D eigenvalue weighted by Gasteiger charge is -2.17. The fraction of sp³-hybridized carbons (Fsp3) is 0.143. The smallest absolute Gasteiger partial charge is 0.378 e. The standard InChI is InChI=1S/C21H16F3N5/c1-28(2)14-9-7-13(8-10-14)26-19-11-16(21(22,23)24)15(12-25)20-27-17-5-3-4-6-18(17)29(19)20/h3-11,26H,1-2H3. The second-order valence-electron chi connectivity index (χ2n) is 6.75. The van der Waals surface area contributed by atoms with Crippen molar-refractivity contribution in [3.8, 4) is 6.07 Å². The Bertz CT molecular complexity index is 1250. The molecule has 0 saturated carbocycles. The summed E-state index contributed by atoms with van der Waals surface area (Å²) in [4.78, 5) is 6.22. The molecule has 1 N–H and O–H groups in total. The molecule has 4 rings (SSSR count). The van der Waals surface area contributed by atoms with E-state index in [1.807, 2.05) is 31.1 Å². The Morgan fingerprint density at radius 2 is 1.76 bits per heavy atom. The maximum Gasteiger partial charge on any atom is 0.417 e. The zero-order valence-electron chi connectivity index (χ0n) is 15.6. The highest BCUT2D eigenvalue weighted by atomic mass is 19.4. The first-order valence-corrected chi connectivity index (χ1v) is 8.75. The molecule has 8 heteroatoms. The van der Waals surface area contributed by atoms with Gasteiger partial charge in [0.25, 0.3) is 0 Å². The number of anilines is 3. The van der Waals surface area contributed by atoms with Crippen LogP contribution in [0.3, 0.4) is 0 Å². The molecule has 0 atom stereocenters. The predicted molar refractivity (Wildman–Crippen MR) is 106 cm³/mol. The first-order valence-electron chi connectivity index (χ1n) is 8.75. The predicted octanol–water partition coefficient (Wildman–Crippen LogP) is 5.19. The van der Waals surface area contributed by atoms with E-state index in [1.165, 1.54) is 0 Å². The Morgan fingerprint density at radius 3 is 2.38 bits per heavy atom. The number of nitrogens with zero attached hydrogens (tertiary/aromatic N) is 4.